The van der Waals surface area contributed by atoms with E-state index in [-0.39, 0.29) is 11.3 Å². The second-order valence-corrected chi connectivity index (χ2v) is 6.84. The summed E-state index contributed by atoms with van der Waals surface area (Å²) in [4.78, 5) is 17.2. The Morgan fingerprint density at radius 3 is 2.64 bits per heavy atom. The summed E-state index contributed by atoms with van der Waals surface area (Å²) in [6.45, 7) is 10.8. The molecule has 0 spiro atoms. The first-order chi connectivity index (χ1) is 10.4. The molecule has 0 bridgehead atoms. The zero-order valence-corrected chi connectivity index (χ0v) is 14.2. The summed E-state index contributed by atoms with van der Waals surface area (Å²) in [6, 6.07) is 3.89. The van der Waals surface area contributed by atoms with E-state index in [0.29, 0.717) is 18.0 Å². The molecule has 4 nitrogen and oxygen atoms in total. The van der Waals surface area contributed by atoms with Crippen molar-refractivity contribution >= 4 is 5.91 Å². The molecule has 2 heterocycles. The largest absolute Gasteiger partial charge is 0.381 e. The van der Waals surface area contributed by atoms with Crippen molar-refractivity contribution < 1.29 is 9.53 Å². The highest BCUT2D eigenvalue weighted by atomic mass is 16.5. The van der Waals surface area contributed by atoms with Crippen molar-refractivity contribution in [1.29, 1.82) is 0 Å². The van der Waals surface area contributed by atoms with Gasteiger partial charge in [0.1, 0.15) is 0 Å². The Balaban J connectivity index is 2.05. The number of hydrogen-bond acceptors (Lipinski definition) is 3. The molecule has 122 valence electrons. The van der Waals surface area contributed by atoms with Crippen molar-refractivity contribution in [3.63, 3.8) is 0 Å². The van der Waals surface area contributed by atoms with Crippen LogP contribution < -0.4 is 5.32 Å². The van der Waals surface area contributed by atoms with Gasteiger partial charge in [0.15, 0.2) is 0 Å². The zero-order chi connectivity index (χ0) is 16.2. The van der Waals surface area contributed by atoms with Gasteiger partial charge in [0.05, 0.1) is 11.3 Å². The molecule has 1 amide bonds. The van der Waals surface area contributed by atoms with Crippen LogP contribution in [0.15, 0.2) is 12.1 Å². The van der Waals surface area contributed by atoms with E-state index in [1.54, 1.807) is 0 Å². The van der Waals surface area contributed by atoms with E-state index in [1.807, 2.05) is 19.1 Å². The van der Waals surface area contributed by atoms with Crippen LogP contribution in [-0.2, 0) is 11.2 Å². The minimum absolute atomic E-state index is 0.00706. The molecule has 0 saturated carbocycles. The van der Waals surface area contributed by atoms with E-state index in [1.165, 1.54) is 0 Å². The first-order valence-corrected chi connectivity index (χ1v) is 8.31. The maximum Gasteiger partial charge on any atom is 0.253 e. The van der Waals surface area contributed by atoms with Crippen molar-refractivity contribution in [2.75, 3.05) is 19.8 Å². The second-order valence-electron chi connectivity index (χ2n) is 6.84. The van der Waals surface area contributed by atoms with E-state index >= 15 is 0 Å². The highest BCUT2D eigenvalue weighted by Crippen LogP contribution is 2.28. The molecular weight excluding hydrogens is 276 g/mol. The topological polar surface area (TPSA) is 51.2 Å². The molecule has 0 radical (unpaired) electrons. The summed E-state index contributed by atoms with van der Waals surface area (Å²) in [7, 11) is 0. The number of rotatable bonds is 5. The summed E-state index contributed by atoms with van der Waals surface area (Å²) in [5, 5.41) is 3.10. The monoisotopic (exact) mass is 304 g/mol. The molecule has 1 aromatic rings. The number of aryl methyl sites for hydroxylation is 1. The highest BCUT2D eigenvalue weighted by Gasteiger charge is 2.28. The van der Waals surface area contributed by atoms with Crippen LogP contribution in [0.5, 0.6) is 0 Å². The predicted molar refractivity (Wildman–Crippen MR) is 88.2 cm³/mol. The average Bonchev–Trinajstić information content (AvgIpc) is 2.52. The van der Waals surface area contributed by atoms with Gasteiger partial charge in [-0.05, 0) is 42.7 Å². The van der Waals surface area contributed by atoms with Crippen LogP contribution in [0.2, 0.25) is 0 Å². The fourth-order valence-corrected chi connectivity index (χ4v) is 2.75. The van der Waals surface area contributed by atoms with E-state index in [4.69, 9.17) is 4.74 Å². The quantitative estimate of drug-likeness (QED) is 0.908. The third-order valence-corrected chi connectivity index (χ3v) is 4.54. The van der Waals surface area contributed by atoms with Gasteiger partial charge in [-0.3, -0.25) is 9.78 Å². The van der Waals surface area contributed by atoms with Gasteiger partial charge < -0.3 is 10.1 Å². The highest BCUT2D eigenvalue weighted by molar-refractivity contribution is 5.95. The van der Waals surface area contributed by atoms with Gasteiger partial charge in [0, 0.05) is 25.5 Å². The summed E-state index contributed by atoms with van der Waals surface area (Å²) < 4.78 is 5.41. The standard InChI is InChI=1S/C18H28N2O2/c1-5-15-14(6-7-16(20-15)13(2)3)17(21)19-12-18(4)8-10-22-11-9-18/h6-7,13H,5,8-12H2,1-4H3,(H,19,21). The van der Waals surface area contributed by atoms with Crippen molar-refractivity contribution in [2.24, 2.45) is 5.41 Å². The lowest BCUT2D eigenvalue weighted by Gasteiger charge is -2.33. The van der Waals surface area contributed by atoms with Gasteiger partial charge in [-0.15, -0.1) is 0 Å². The summed E-state index contributed by atoms with van der Waals surface area (Å²) in [6.07, 6.45) is 2.77. The van der Waals surface area contributed by atoms with Crippen LogP contribution in [0.1, 0.15) is 68.2 Å². The Labute approximate surface area is 133 Å². The van der Waals surface area contributed by atoms with Crippen LogP contribution in [-0.4, -0.2) is 30.6 Å². The van der Waals surface area contributed by atoms with Crippen molar-refractivity contribution in [3.8, 4) is 0 Å². The van der Waals surface area contributed by atoms with Gasteiger partial charge in [0.2, 0.25) is 0 Å². The Morgan fingerprint density at radius 2 is 2.05 bits per heavy atom. The zero-order valence-electron chi connectivity index (χ0n) is 14.2. The van der Waals surface area contributed by atoms with E-state index < -0.39 is 0 Å². The number of carbonyl (C=O) groups is 1. The number of aromatic nitrogens is 1. The van der Waals surface area contributed by atoms with E-state index in [0.717, 1.165) is 43.9 Å². The van der Waals surface area contributed by atoms with E-state index in [2.05, 4.69) is 31.1 Å². The molecule has 1 aliphatic heterocycles. The van der Waals surface area contributed by atoms with Crippen LogP contribution in [0.4, 0.5) is 0 Å². The molecule has 0 aromatic carbocycles. The molecule has 1 saturated heterocycles. The van der Waals surface area contributed by atoms with Crippen LogP contribution in [0.3, 0.4) is 0 Å². The molecule has 0 unspecified atom stereocenters. The molecule has 1 aromatic heterocycles. The Bertz CT molecular complexity index is 520. The predicted octanol–water partition coefficient (Wildman–Crippen LogP) is 3.31. The number of hydrogen-bond donors (Lipinski definition) is 1. The van der Waals surface area contributed by atoms with Gasteiger partial charge in [0.25, 0.3) is 5.91 Å². The number of carbonyl (C=O) groups excluding carboxylic acids is 1. The second kappa shape index (κ2) is 7.23. The molecule has 1 fully saturated rings. The maximum absolute atomic E-state index is 12.5. The summed E-state index contributed by atoms with van der Waals surface area (Å²) in [5.41, 5.74) is 2.79. The minimum Gasteiger partial charge on any atom is -0.381 e. The summed E-state index contributed by atoms with van der Waals surface area (Å²) in [5.74, 6) is 0.371. The van der Waals surface area contributed by atoms with Crippen LogP contribution in [0.25, 0.3) is 0 Å². The minimum atomic E-state index is -0.00706. The number of nitrogens with zero attached hydrogens (tertiary/aromatic N) is 1. The molecular formula is C18H28N2O2. The van der Waals surface area contributed by atoms with Gasteiger partial charge >= 0.3 is 0 Å². The Morgan fingerprint density at radius 1 is 1.36 bits per heavy atom. The fraction of sp³-hybridized carbons (Fsp3) is 0.667. The number of nitrogens with one attached hydrogen (secondary N) is 1. The molecule has 0 aliphatic carbocycles. The van der Waals surface area contributed by atoms with Gasteiger partial charge in [-0.25, -0.2) is 0 Å². The van der Waals surface area contributed by atoms with Crippen molar-refractivity contribution in [2.45, 2.75) is 52.9 Å². The molecule has 2 rings (SSSR count). The first-order valence-electron chi connectivity index (χ1n) is 8.31. The smallest absolute Gasteiger partial charge is 0.253 e. The van der Waals surface area contributed by atoms with Gasteiger partial charge in [-0.2, -0.15) is 0 Å². The maximum atomic E-state index is 12.5. The lowest BCUT2D eigenvalue weighted by atomic mass is 9.82. The fourth-order valence-electron chi connectivity index (χ4n) is 2.75. The lowest BCUT2D eigenvalue weighted by molar-refractivity contribution is 0.0238. The molecule has 22 heavy (non-hydrogen) atoms. The molecule has 1 N–H and O–H groups in total. The van der Waals surface area contributed by atoms with E-state index in [9.17, 15) is 4.79 Å². The number of amides is 1. The molecule has 1 aliphatic rings. The number of pyridine rings is 1. The Kier molecular flexibility index (Phi) is 5.57. The van der Waals surface area contributed by atoms with Crippen LogP contribution >= 0.6 is 0 Å². The SMILES string of the molecule is CCc1nc(C(C)C)ccc1C(=O)NCC1(C)CCOCC1. The Hall–Kier alpha value is -1.42. The molecule has 4 heteroatoms. The normalized spacial score (nSPS) is 17.5. The third-order valence-electron chi connectivity index (χ3n) is 4.54. The number of ether oxygens (including phenoxy) is 1. The third kappa shape index (κ3) is 4.07. The summed E-state index contributed by atoms with van der Waals surface area (Å²) >= 11 is 0. The first kappa shape index (κ1) is 16.9. The molecule has 0 atom stereocenters. The van der Waals surface area contributed by atoms with Gasteiger partial charge in [-0.1, -0.05) is 27.7 Å². The lowest BCUT2D eigenvalue weighted by Crippen LogP contribution is -2.39. The van der Waals surface area contributed by atoms with Crippen molar-refractivity contribution in [3.05, 3.63) is 29.1 Å². The van der Waals surface area contributed by atoms with Crippen LogP contribution in [0, 0.1) is 5.41 Å². The average molecular weight is 304 g/mol. The van der Waals surface area contributed by atoms with Crippen molar-refractivity contribution in [1.82, 2.24) is 10.3 Å².